The molecule has 3 nitrogen and oxygen atoms in total. The Hall–Kier alpha value is -3.02. The van der Waals surface area contributed by atoms with Crippen molar-refractivity contribution in [3.8, 4) is 0 Å². The SMILES string of the molecule is NC(=O)O[C@H](CCCCc1cccc(C(F)(F)F)c1)c1cccc2ccccc12. The highest BCUT2D eigenvalue weighted by Crippen LogP contribution is 2.32. The fourth-order valence-electron chi connectivity index (χ4n) is 3.51. The average molecular weight is 401 g/mol. The molecule has 0 aliphatic heterocycles. The van der Waals surface area contributed by atoms with Crippen LogP contribution >= 0.6 is 0 Å². The first-order valence-corrected chi connectivity index (χ1v) is 9.44. The average Bonchev–Trinajstić information content (AvgIpc) is 2.69. The zero-order valence-electron chi connectivity index (χ0n) is 15.8. The number of primary amides is 1. The van der Waals surface area contributed by atoms with Gasteiger partial charge in [-0.15, -0.1) is 0 Å². The highest BCUT2D eigenvalue weighted by atomic mass is 19.4. The van der Waals surface area contributed by atoms with Crippen LogP contribution in [0.25, 0.3) is 10.8 Å². The molecule has 0 radical (unpaired) electrons. The van der Waals surface area contributed by atoms with E-state index in [1.165, 1.54) is 12.1 Å². The number of amides is 1. The molecule has 0 aliphatic rings. The lowest BCUT2D eigenvalue weighted by atomic mass is 9.96. The highest BCUT2D eigenvalue weighted by Gasteiger charge is 2.30. The Balaban J connectivity index is 1.67. The van der Waals surface area contributed by atoms with Gasteiger partial charge in [-0.1, -0.05) is 60.7 Å². The number of alkyl halides is 3. The third-order valence-corrected chi connectivity index (χ3v) is 4.86. The molecule has 6 heteroatoms. The summed E-state index contributed by atoms with van der Waals surface area (Å²) in [6.07, 6.45) is -3.29. The van der Waals surface area contributed by atoms with Crippen LogP contribution in [0.5, 0.6) is 0 Å². The fourth-order valence-corrected chi connectivity index (χ4v) is 3.51. The maximum absolute atomic E-state index is 12.8. The van der Waals surface area contributed by atoms with E-state index in [0.29, 0.717) is 31.2 Å². The van der Waals surface area contributed by atoms with Gasteiger partial charge in [-0.05, 0) is 48.1 Å². The summed E-state index contributed by atoms with van der Waals surface area (Å²) in [6.45, 7) is 0. The second-order valence-corrected chi connectivity index (χ2v) is 6.94. The van der Waals surface area contributed by atoms with Gasteiger partial charge in [0.05, 0.1) is 5.56 Å². The Labute approximate surface area is 167 Å². The maximum atomic E-state index is 12.8. The Kier molecular flexibility index (Phi) is 6.42. The van der Waals surface area contributed by atoms with Gasteiger partial charge in [-0.25, -0.2) is 4.79 Å². The Morgan fingerprint density at radius 3 is 2.45 bits per heavy atom. The molecule has 29 heavy (non-hydrogen) atoms. The Morgan fingerprint density at radius 1 is 0.966 bits per heavy atom. The summed E-state index contributed by atoms with van der Waals surface area (Å²) in [5.41, 5.74) is 6.13. The Morgan fingerprint density at radius 2 is 1.69 bits per heavy atom. The first-order chi connectivity index (χ1) is 13.8. The largest absolute Gasteiger partial charge is 0.441 e. The number of unbranched alkanes of at least 4 members (excludes halogenated alkanes) is 1. The zero-order chi connectivity index (χ0) is 20.9. The molecule has 152 valence electrons. The van der Waals surface area contributed by atoms with Crippen molar-refractivity contribution in [2.24, 2.45) is 5.73 Å². The van der Waals surface area contributed by atoms with Crippen molar-refractivity contribution in [3.05, 3.63) is 83.4 Å². The van der Waals surface area contributed by atoms with E-state index >= 15 is 0 Å². The molecule has 0 saturated carbocycles. The lowest BCUT2D eigenvalue weighted by Gasteiger charge is -2.19. The molecular weight excluding hydrogens is 379 g/mol. The summed E-state index contributed by atoms with van der Waals surface area (Å²) in [7, 11) is 0. The second-order valence-electron chi connectivity index (χ2n) is 6.94. The molecule has 0 aliphatic carbocycles. The van der Waals surface area contributed by atoms with Gasteiger partial charge in [0.25, 0.3) is 0 Å². The van der Waals surface area contributed by atoms with E-state index in [1.54, 1.807) is 6.07 Å². The number of carbonyl (C=O) groups excluding carboxylic acids is 1. The van der Waals surface area contributed by atoms with Crippen LogP contribution in [-0.4, -0.2) is 6.09 Å². The second kappa shape index (κ2) is 8.99. The number of fused-ring (bicyclic) bond motifs is 1. The van der Waals surface area contributed by atoms with Crippen LogP contribution in [-0.2, 0) is 17.3 Å². The third kappa shape index (κ3) is 5.50. The van der Waals surface area contributed by atoms with Gasteiger partial charge in [-0.3, -0.25) is 0 Å². The third-order valence-electron chi connectivity index (χ3n) is 4.86. The molecule has 3 rings (SSSR count). The molecule has 2 N–H and O–H groups in total. The van der Waals surface area contributed by atoms with Crippen LogP contribution in [0.2, 0.25) is 0 Å². The molecule has 3 aromatic carbocycles. The minimum atomic E-state index is -4.34. The fraction of sp³-hybridized carbons (Fsp3) is 0.261. The highest BCUT2D eigenvalue weighted by molar-refractivity contribution is 5.86. The predicted molar refractivity (Wildman–Crippen MR) is 106 cm³/mol. The number of aryl methyl sites for hydroxylation is 1. The van der Waals surface area contributed by atoms with E-state index in [2.05, 4.69) is 0 Å². The number of hydrogen-bond acceptors (Lipinski definition) is 2. The normalized spacial score (nSPS) is 12.7. The topological polar surface area (TPSA) is 52.3 Å². The van der Waals surface area contributed by atoms with Crippen molar-refractivity contribution < 1.29 is 22.7 Å². The lowest BCUT2D eigenvalue weighted by molar-refractivity contribution is -0.137. The summed E-state index contributed by atoms with van der Waals surface area (Å²) < 4.78 is 43.9. The van der Waals surface area contributed by atoms with Crippen molar-refractivity contribution in [1.29, 1.82) is 0 Å². The van der Waals surface area contributed by atoms with Crippen molar-refractivity contribution in [2.75, 3.05) is 0 Å². The number of halogens is 3. The molecule has 0 saturated heterocycles. The first kappa shape index (κ1) is 20.7. The van der Waals surface area contributed by atoms with Gasteiger partial charge in [0.2, 0.25) is 0 Å². The maximum Gasteiger partial charge on any atom is 0.416 e. The van der Waals surface area contributed by atoms with Crippen LogP contribution in [0.4, 0.5) is 18.0 Å². The summed E-state index contributed by atoms with van der Waals surface area (Å²) in [5.74, 6) is 0. The number of hydrogen-bond donors (Lipinski definition) is 1. The molecule has 3 aromatic rings. The van der Waals surface area contributed by atoms with E-state index in [0.717, 1.165) is 22.4 Å². The molecule has 0 spiro atoms. The molecule has 0 unspecified atom stereocenters. The number of nitrogens with two attached hydrogens (primary N) is 1. The number of carbonyl (C=O) groups is 1. The minimum Gasteiger partial charge on any atom is -0.441 e. The van der Waals surface area contributed by atoms with Crippen molar-refractivity contribution in [1.82, 2.24) is 0 Å². The van der Waals surface area contributed by atoms with Crippen LogP contribution < -0.4 is 5.73 Å². The van der Waals surface area contributed by atoms with E-state index < -0.39 is 23.9 Å². The minimum absolute atomic E-state index is 0.500. The van der Waals surface area contributed by atoms with Crippen molar-refractivity contribution >= 4 is 16.9 Å². The monoisotopic (exact) mass is 401 g/mol. The van der Waals surface area contributed by atoms with E-state index in [1.807, 2.05) is 42.5 Å². The van der Waals surface area contributed by atoms with Crippen molar-refractivity contribution in [2.45, 2.75) is 38.0 Å². The lowest BCUT2D eigenvalue weighted by Crippen LogP contribution is -2.17. The number of ether oxygens (including phenoxy) is 1. The molecule has 1 amide bonds. The first-order valence-electron chi connectivity index (χ1n) is 9.44. The molecule has 0 heterocycles. The summed E-state index contributed by atoms with van der Waals surface area (Å²) in [4.78, 5) is 11.4. The van der Waals surface area contributed by atoms with Gasteiger partial charge < -0.3 is 10.5 Å². The zero-order valence-corrected chi connectivity index (χ0v) is 15.8. The Bertz CT molecular complexity index is 980. The van der Waals surface area contributed by atoms with Crippen LogP contribution in [0, 0.1) is 0 Å². The van der Waals surface area contributed by atoms with Gasteiger partial charge in [0.15, 0.2) is 0 Å². The molecule has 0 fully saturated rings. The molecule has 1 atom stereocenters. The van der Waals surface area contributed by atoms with E-state index in [9.17, 15) is 18.0 Å². The van der Waals surface area contributed by atoms with Crippen LogP contribution in [0.15, 0.2) is 66.7 Å². The van der Waals surface area contributed by atoms with Gasteiger partial charge in [-0.2, -0.15) is 13.2 Å². The van der Waals surface area contributed by atoms with E-state index in [-0.39, 0.29) is 0 Å². The smallest absolute Gasteiger partial charge is 0.416 e. The van der Waals surface area contributed by atoms with E-state index in [4.69, 9.17) is 10.5 Å². The standard InChI is InChI=1S/C23H22F3NO2/c24-23(25,26)18-11-5-8-16(15-18)7-1-4-14-21(29-22(27)28)20-13-6-10-17-9-2-3-12-19(17)20/h2-3,5-6,8-13,15,21H,1,4,7,14H2,(H2,27,28)/t21-/m1/s1. The quantitative estimate of drug-likeness (QED) is 0.465. The molecule has 0 aromatic heterocycles. The number of benzene rings is 3. The molecular formula is C23H22F3NO2. The van der Waals surface area contributed by atoms with Gasteiger partial charge in [0.1, 0.15) is 6.10 Å². The summed E-state index contributed by atoms with van der Waals surface area (Å²) in [6, 6.07) is 19.0. The van der Waals surface area contributed by atoms with Gasteiger partial charge in [0, 0.05) is 5.56 Å². The van der Waals surface area contributed by atoms with Gasteiger partial charge >= 0.3 is 12.3 Å². The summed E-state index contributed by atoms with van der Waals surface area (Å²) in [5, 5.41) is 2.02. The predicted octanol–water partition coefficient (Wildman–Crippen LogP) is 6.41. The van der Waals surface area contributed by atoms with Crippen LogP contribution in [0.1, 0.15) is 42.1 Å². The van der Waals surface area contributed by atoms with Crippen molar-refractivity contribution in [3.63, 3.8) is 0 Å². The number of rotatable bonds is 7. The van der Waals surface area contributed by atoms with Crippen LogP contribution in [0.3, 0.4) is 0 Å². The summed E-state index contributed by atoms with van der Waals surface area (Å²) >= 11 is 0. The molecule has 0 bridgehead atoms.